The average molecular weight is 259 g/mol. The first-order chi connectivity index (χ1) is 8.68. The van der Waals surface area contributed by atoms with E-state index in [0.29, 0.717) is 0 Å². The summed E-state index contributed by atoms with van der Waals surface area (Å²) in [5, 5.41) is 3.12. The Morgan fingerprint density at radius 3 is 1.56 bits per heavy atom. The molecule has 0 aromatic heterocycles. The Morgan fingerprint density at radius 1 is 0.778 bits per heavy atom. The molecule has 0 aliphatic rings. The minimum absolute atomic E-state index is 0.613. The highest BCUT2D eigenvalue weighted by Gasteiger charge is 2.22. The highest BCUT2D eigenvalue weighted by atomic mass is 16.7. The van der Waals surface area contributed by atoms with Crippen molar-refractivity contribution in [1.29, 1.82) is 0 Å². The first-order valence-corrected chi connectivity index (χ1v) is 7.65. The number of rotatable bonds is 13. The molecule has 0 spiro atoms. The van der Waals surface area contributed by atoms with Crippen molar-refractivity contribution in [3.8, 4) is 0 Å². The maximum Gasteiger partial charge on any atom is 0.224 e. The molecule has 0 aromatic rings. The van der Waals surface area contributed by atoms with Gasteiger partial charge in [0, 0.05) is 6.92 Å². The van der Waals surface area contributed by atoms with Crippen molar-refractivity contribution < 1.29 is 9.47 Å². The smallest absolute Gasteiger partial charge is 0.224 e. The molecule has 0 amide bonds. The topological polar surface area (TPSA) is 30.5 Å². The van der Waals surface area contributed by atoms with E-state index < -0.39 is 5.91 Å². The lowest BCUT2D eigenvalue weighted by atomic mass is 10.2. The predicted molar refractivity (Wildman–Crippen MR) is 77.7 cm³/mol. The van der Waals surface area contributed by atoms with Gasteiger partial charge in [0.25, 0.3) is 0 Å². The van der Waals surface area contributed by atoms with Gasteiger partial charge in [-0.15, -0.1) is 0 Å². The third kappa shape index (κ3) is 9.86. The van der Waals surface area contributed by atoms with Crippen molar-refractivity contribution in [2.75, 3.05) is 20.3 Å². The Labute approximate surface area is 114 Å². The highest BCUT2D eigenvalue weighted by Crippen LogP contribution is 2.11. The molecule has 0 aliphatic heterocycles. The molecule has 0 fully saturated rings. The summed E-state index contributed by atoms with van der Waals surface area (Å²) < 4.78 is 11.6. The van der Waals surface area contributed by atoms with Crippen LogP contribution in [0.2, 0.25) is 0 Å². The second kappa shape index (κ2) is 11.9. The molecule has 0 aliphatic carbocycles. The molecular formula is C15H33NO2. The zero-order valence-electron chi connectivity index (χ0n) is 12.9. The molecule has 0 rings (SSSR count). The van der Waals surface area contributed by atoms with Crippen molar-refractivity contribution in [3.05, 3.63) is 0 Å². The van der Waals surface area contributed by atoms with Crippen molar-refractivity contribution in [1.82, 2.24) is 5.32 Å². The number of hydrogen-bond donors (Lipinski definition) is 1. The van der Waals surface area contributed by atoms with Crippen LogP contribution >= 0.6 is 0 Å². The molecule has 0 heterocycles. The van der Waals surface area contributed by atoms with Crippen molar-refractivity contribution in [2.24, 2.45) is 0 Å². The van der Waals surface area contributed by atoms with Gasteiger partial charge in [0.05, 0.1) is 13.2 Å². The third-order valence-electron chi connectivity index (χ3n) is 3.20. The van der Waals surface area contributed by atoms with Gasteiger partial charge in [-0.25, -0.2) is 0 Å². The van der Waals surface area contributed by atoms with E-state index in [0.717, 1.165) is 26.1 Å². The van der Waals surface area contributed by atoms with Gasteiger partial charge < -0.3 is 9.47 Å². The Hall–Kier alpha value is -0.120. The van der Waals surface area contributed by atoms with E-state index in [2.05, 4.69) is 19.2 Å². The molecule has 0 saturated heterocycles. The standard InChI is InChI=1S/C15H33NO2/c1-5-7-9-11-13-17-15(3,16-4)18-14-12-10-8-6-2/h16H,5-14H2,1-4H3. The van der Waals surface area contributed by atoms with Gasteiger partial charge in [-0.1, -0.05) is 52.4 Å². The van der Waals surface area contributed by atoms with Crippen LogP contribution in [0.4, 0.5) is 0 Å². The minimum Gasteiger partial charge on any atom is -0.338 e. The molecule has 0 bridgehead atoms. The van der Waals surface area contributed by atoms with E-state index in [1.54, 1.807) is 0 Å². The van der Waals surface area contributed by atoms with Crippen LogP contribution in [0, 0.1) is 0 Å². The maximum absolute atomic E-state index is 5.80. The monoisotopic (exact) mass is 259 g/mol. The second-order valence-corrected chi connectivity index (χ2v) is 5.01. The first kappa shape index (κ1) is 17.9. The van der Waals surface area contributed by atoms with E-state index in [9.17, 15) is 0 Å². The maximum atomic E-state index is 5.80. The fraction of sp³-hybridized carbons (Fsp3) is 1.00. The highest BCUT2D eigenvalue weighted by molar-refractivity contribution is 4.57. The van der Waals surface area contributed by atoms with Crippen LogP contribution < -0.4 is 5.32 Å². The van der Waals surface area contributed by atoms with Gasteiger partial charge in [0.2, 0.25) is 5.91 Å². The largest absolute Gasteiger partial charge is 0.338 e. The lowest BCUT2D eigenvalue weighted by Crippen LogP contribution is -2.45. The lowest BCUT2D eigenvalue weighted by Gasteiger charge is -2.29. The zero-order valence-corrected chi connectivity index (χ0v) is 12.9. The summed E-state index contributed by atoms with van der Waals surface area (Å²) in [5.74, 6) is -0.613. The van der Waals surface area contributed by atoms with E-state index in [1.165, 1.54) is 38.5 Å². The van der Waals surface area contributed by atoms with Crippen molar-refractivity contribution in [3.63, 3.8) is 0 Å². The zero-order chi connectivity index (χ0) is 13.7. The Bertz CT molecular complexity index is 160. The fourth-order valence-electron chi connectivity index (χ4n) is 1.78. The number of hydrogen-bond acceptors (Lipinski definition) is 3. The molecule has 0 saturated carbocycles. The van der Waals surface area contributed by atoms with Crippen LogP contribution in [-0.4, -0.2) is 26.2 Å². The molecule has 0 aromatic carbocycles. The van der Waals surface area contributed by atoms with Crippen LogP contribution in [-0.2, 0) is 9.47 Å². The van der Waals surface area contributed by atoms with Gasteiger partial charge in [0.1, 0.15) is 0 Å². The molecule has 0 radical (unpaired) electrons. The van der Waals surface area contributed by atoms with Gasteiger partial charge in [0.15, 0.2) is 0 Å². The SMILES string of the molecule is CCCCCCOC(C)(NC)OCCCCCC. The third-order valence-corrected chi connectivity index (χ3v) is 3.20. The fourth-order valence-corrected chi connectivity index (χ4v) is 1.78. The Balaban J connectivity index is 3.60. The molecule has 1 N–H and O–H groups in total. The molecule has 110 valence electrons. The normalized spacial score (nSPS) is 12.0. The van der Waals surface area contributed by atoms with E-state index in [1.807, 2.05) is 14.0 Å². The van der Waals surface area contributed by atoms with Crippen LogP contribution in [0.3, 0.4) is 0 Å². The molecule has 0 atom stereocenters. The summed E-state index contributed by atoms with van der Waals surface area (Å²) in [6.07, 6.45) is 9.82. The summed E-state index contributed by atoms with van der Waals surface area (Å²) in [6.45, 7) is 7.95. The minimum atomic E-state index is -0.613. The number of ether oxygens (including phenoxy) is 2. The van der Waals surface area contributed by atoms with Crippen LogP contribution in [0.1, 0.15) is 72.1 Å². The van der Waals surface area contributed by atoms with E-state index >= 15 is 0 Å². The molecule has 0 unspecified atom stereocenters. The van der Waals surface area contributed by atoms with E-state index in [-0.39, 0.29) is 0 Å². The quantitative estimate of drug-likeness (QED) is 0.399. The summed E-state index contributed by atoms with van der Waals surface area (Å²) in [7, 11) is 1.89. The number of unbranched alkanes of at least 4 members (excludes halogenated alkanes) is 6. The summed E-state index contributed by atoms with van der Waals surface area (Å²) in [6, 6.07) is 0. The van der Waals surface area contributed by atoms with Gasteiger partial charge >= 0.3 is 0 Å². The number of nitrogens with one attached hydrogen (secondary N) is 1. The summed E-state index contributed by atoms with van der Waals surface area (Å²) in [4.78, 5) is 0. The molecular weight excluding hydrogens is 226 g/mol. The molecule has 18 heavy (non-hydrogen) atoms. The molecule has 3 heteroatoms. The summed E-state index contributed by atoms with van der Waals surface area (Å²) >= 11 is 0. The Kier molecular flexibility index (Phi) is 11.9. The van der Waals surface area contributed by atoms with Crippen molar-refractivity contribution >= 4 is 0 Å². The summed E-state index contributed by atoms with van der Waals surface area (Å²) in [5.41, 5.74) is 0. The van der Waals surface area contributed by atoms with Crippen molar-refractivity contribution in [2.45, 2.75) is 78.0 Å². The van der Waals surface area contributed by atoms with Gasteiger partial charge in [-0.2, -0.15) is 0 Å². The average Bonchev–Trinajstić information content (AvgIpc) is 2.38. The Morgan fingerprint density at radius 2 is 1.22 bits per heavy atom. The predicted octanol–water partition coefficient (Wildman–Crippen LogP) is 4.07. The van der Waals surface area contributed by atoms with Crippen LogP contribution in [0.25, 0.3) is 0 Å². The van der Waals surface area contributed by atoms with E-state index in [4.69, 9.17) is 9.47 Å². The van der Waals surface area contributed by atoms with Crippen LogP contribution in [0.5, 0.6) is 0 Å². The lowest BCUT2D eigenvalue weighted by molar-refractivity contribution is -0.242. The van der Waals surface area contributed by atoms with Crippen LogP contribution in [0.15, 0.2) is 0 Å². The van der Waals surface area contributed by atoms with Gasteiger partial charge in [-0.3, -0.25) is 5.32 Å². The first-order valence-electron chi connectivity index (χ1n) is 7.65. The van der Waals surface area contributed by atoms with Gasteiger partial charge in [-0.05, 0) is 19.9 Å². The molecule has 3 nitrogen and oxygen atoms in total. The second-order valence-electron chi connectivity index (χ2n) is 5.01.